The lowest BCUT2D eigenvalue weighted by Crippen LogP contribution is -2.13. The van der Waals surface area contributed by atoms with Crippen molar-refractivity contribution in [2.45, 2.75) is 51.4 Å². The fourth-order valence-corrected chi connectivity index (χ4v) is 5.91. The third-order valence-corrected chi connectivity index (χ3v) is 8.04. The van der Waals surface area contributed by atoms with Crippen LogP contribution in [-0.4, -0.2) is 27.4 Å². The fraction of sp³-hybridized carbons (Fsp3) is 0.345. The highest BCUT2D eigenvalue weighted by Gasteiger charge is 2.20. The molecule has 5 rings (SSSR count). The summed E-state index contributed by atoms with van der Waals surface area (Å²) in [5, 5.41) is 0.657. The second kappa shape index (κ2) is 11.3. The maximum absolute atomic E-state index is 13.6. The number of ether oxygens (including phenoxy) is 1. The maximum Gasteiger partial charge on any atom is 0.180 e. The quantitative estimate of drug-likeness (QED) is 0.300. The summed E-state index contributed by atoms with van der Waals surface area (Å²) in [5.74, 6) is 1.81. The number of aromatic nitrogens is 3. The van der Waals surface area contributed by atoms with Gasteiger partial charge in [0, 0.05) is 28.7 Å². The van der Waals surface area contributed by atoms with Crippen LogP contribution in [0.5, 0.6) is 5.75 Å². The van der Waals surface area contributed by atoms with E-state index < -0.39 is 0 Å². The molecule has 1 atom stereocenters. The number of nitrogen functional groups attached to an aromatic ring is 1. The van der Waals surface area contributed by atoms with E-state index in [0.29, 0.717) is 23.3 Å². The molecule has 0 fully saturated rings. The normalized spacial score (nSPS) is 15.6. The number of nitrogens with zero attached hydrogens (tertiary/aromatic N) is 3. The lowest BCUT2D eigenvalue weighted by Gasteiger charge is -2.19. The van der Waals surface area contributed by atoms with Gasteiger partial charge in [-0.05, 0) is 86.6 Å². The summed E-state index contributed by atoms with van der Waals surface area (Å²) < 4.78 is 20.7. The van der Waals surface area contributed by atoms with E-state index in [-0.39, 0.29) is 18.0 Å². The largest absolute Gasteiger partial charge is 0.497 e. The summed E-state index contributed by atoms with van der Waals surface area (Å²) in [6, 6.07) is 13.9. The highest BCUT2D eigenvalue weighted by atomic mass is 32.1. The molecule has 8 heteroatoms. The number of anilines is 1. The molecule has 4 aromatic rings. The second-order valence-corrected chi connectivity index (χ2v) is 10.7. The molecule has 192 valence electrons. The summed E-state index contributed by atoms with van der Waals surface area (Å²) in [6.07, 6.45) is 8.75. The minimum absolute atomic E-state index is 0.167. The zero-order valence-electron chi connectivity index (χ0n) is 21.0. The average Bonchev–Trinajstić information content (AvgIpc) is 3.47. The third-order valence-electron chi connectivity index (χ3n) is 7.06. The second-order valence-electron chi connectivity index (χ2n) is 9.59. The molecule has 0 radical (unpaired) electrons. The van der Waals surface area contributed by atoms with Gasteiger partial charge >= 0.3 is 0 Å². The molecule has 0 bridgehead atoms. The van der Waals surface area contributed by atoms with Crippen LogP contribution in [0.25, 0.3) is 16.9 Å². The number of imidazole rings is 1. The van der Waals surface area contributed by atoms with Gasteiger partial charge in [0.05, 0.1) is 24.9 Å². The summed E-state index contributed by atoms with van der Waals surface area (Å²) in [4.78, 5) is 23.7. The number of carbonyl (C=O) groups is 1. The molecular formula is C29H31FN4O2S. The maximum atomic E-state index is 13.6. The van der Waals surface area contributed by atoms with Crippen LogP contribution in [-0.2, 0) is 24.1 Å². The molecule has 0 spiro atoms. The van der Waals surface area contributed by atoms with Crippen LogP contribution in [0.2, 0.25) is 0 Å². The van der Waals surface area contributed by atoms with Crippen LogP contribution in [0.3, 0.4) is 0 Å². The summed E-state index contributed by atoms with van der Waals surface area (Å²) >= 11 is 1.60. The fourth-order valence-electron chi connectivity index (χ4n) is 5.02. The molecule has 6 nitrogen and oxygen atoms in total. The number of carbonyl (C=O) groups excluding carboxylic acids is 1. The molecule has 0 amide bonds. The van der Waals surface area contributed by atoms with E-state index in [4.69, 9.17) is 15.5 Å². The van der Waals surface area contributed by atoms with Crippen molar-refractivity contribution in [3.63, 3.8) is 0 Å². The Labute approximate surface area is 220 Å². The van der Waals surface area contributed by atoms with E-state index in [9.17, 15) is 9.18 Å². The van der Waals surface area contributed by atoms with E-state index in [1.807, 2.05) is 35.0 Å². The van der Waals surface area contributed by atoms with E-state index in [1.54, 1.807) is 30.6 Å². The van der Waals surface area contributed by atoms with Crippen LogP contribution in [0.15, 0.2) is 54.7 Å². The number of rotatable bonds is 8. The average molecular weight is 519 g/mol. The zero-order valence-corrected chi connectivity index (χ0v) is 21.8. The first-order chi connectivity index (χ1) is 18.0. The number of benzene rings is 2. The molecule has 0 saturated carbocycles. The minimum Gasteiger partial charge on any atom is -0.497 e. The Kier molecular flexibility index (Phi) is 7.65. The van der Waals surface area contributed by atoms with E-state index in [0.717, 1.165) is 66.9 Å². The van der Waals surface area contributed by atoms with Gasteiger partial charge < -0.3 is 15.0 Å². The lowest BCUT2D eigenvalue weighted by molar-refractivity contribution is -0.118. The number of hydrogen-bond donors (Lipinski definition) is 1. The van der Waals surface area contributed by atoms with Crippen molar-refractivity contribution in [2.24, 2.45) is 5.92 Å². The molecule has 2 heterocycles. The van der Waals surface area contributed by atoms with Gasteiger partial charge in [-0.3, -0.25) is 4.79 Å². The van der Waals surface area contributed by atoms with Crippen LogP contribution in [0.1, 0.15) is 48.5 Å². The number of fused-ring (bicyclic) bond motifs is 1. The number of methoxy groups -OCH3 is 1. The molecule has 37 heavy (non-hydrogen) atoms. The van der Waals surface area contributed by atoms with Crippen molar-refractivity contribution < 1.29 is 13.9 Å². The third kappa shape index (κ3) is 6.07. The van der Waals surface area contributed by atoms with Crippen molar-refractivity contribution in [1.29, 1.82) is 0 Å². The van der Waals surface area contributed by atoms with Crippen LogP contribution >= 0.6 is 11.3 Å². The van der Waals surface area contributed by atoms with Crippen LogP contribution in [0, 0.1) is 11.7 Å². The first-order valence-electron chi connectivity index (χ1n) is 12.7. The van der Waals surface area contributed by atoms with Crippen LogP contribution < -0.4 is 10.5 Å². The molecule has 0 aliphatic heterocycles. The molecule has 2 N–H and O–H groups in total. The predicted octanol–water partition coefficient (Wildman–Crippen LogP) is 6.20. The number of halogens is 1. The Bertz CT molecular complexity index is 1360. The van der Waals surface area contributed by atoms with E-state index in [2.05, 4.69) is 4.98 Å². The summed E-state index contributed by atoms with van der Waals surface area (Å²) in [7, 11) is 1.63. The van der Waals surface area contributed by atoms with Gasteiger partial charge in [0.1, 0.15) is 23.2 Å². The Hall–Kier alpha value is -3.52. The number of Topliss-reactive ketones (excluding diaryl/α,β-unsaturated/α-hetero) is 1. The molecule has 1 aliphatic rings. The smallest absolute Gasteiger partial charge is 0.180 e. The van der Waals surface area contributed by atoms with Crippen molar-refractivity contribution in [2.75, 3.05) is 12.8 Å². The molecule has 2 aromatic heterocycles. The number of aryl methyl sites for hydroxylation is 2. The van der Waals surface area contributed by atoms with Gasteiger partial charge in [0.25, 0.3) is 0 Å². The van der Waals surface area contributed by atoms with Crippen molar-refractivity contribution in [3.8, 4) is 22.7 Å². The number of ketones is 1. The SMILES string of the molecule is COc1ccc(-c2cn(-c3ccc(F)cc3)c(CC(=O)CCC3CCCc4nc(N)sc4CC3)n2)cc1. The standard InChI is InChI=1S/C29H31FN4O2S/c1-36-24-14-7-20(8-15-24)26-18-34(22-11-9-21(30)10-12-22)28(32-26)17-23(35)13-5-19-3-2-4-25-27(16-6-19)37-29(31)33-25/h7-12,14-15,18-19H,2-6,13,16-17H2,1H3,(H2,31,33). The molecular weight excluding hydrogens is 487 g/mol. The topological polar surface area (TPSA) is 83.0 Å². The van der Waals surface area contributed by atoms with E-state index >= 15 is 0 Å². The van der Waals surface area contributed by atoms with Crippen molar-refractivity contribution in [3.05, 3.63) is 76.9 Å². The number of hydrogen-bond acceptors (Lipinski definition) is 6. The summed E-state index contributed by atoms with van der Waals surface area (Å²) in [5.41, 5.74) is 9.53. The highest BCUT2D eigenvalue weighted by molar-refractivity contribution is 7.15. The Balaban J connectivity index is 1.29. The molecule has 2 aromatic carbocycles. The predicted molar refractivity (Wildman–Crippen MR) is 145 cm³/mol. The Morgan fingerprint density at radius 2 is 1.89 bits per heavy atom. The van der Waals surface area contributed by atoms with Crippen LogP contribution in [0.4, 0.5) is 9.52 Å². The summed E-state index contributed by atoms with van der Waals surface area (Å²) in [6.45, 7) is 0. The van der Waals surface area contributed by atoms with Gasteiger partial charge in [-0.2, -0.15) is 0 Å². The van der Waals surface area contributed by atoms with Gasteiger partial charge in [-0.15, -0.1) is 11.3 Å². The monoisotopic (exact) mass is 518 g/mol. The first-order valence-corrected chi connectivity index (χ1v) is 13.5. The van der Waals surface area contributed by atoms with Gasteiger partial charge in [0.2, 0.25) is 0 Å². The lowest BCUT2D eigenvalue weighted by atomic mass is 9.88. The first kappa shape index (κ1) is 25.1. The molecule has 0 saturated heterocycles. The highest BCUT2D eigenvalue weighted by Crippen LogP contribution is 2.31. The van der Waals surface area contributed by atoms with Gasteiger partial charge in [0.15, 0.2) is 5.13 Å². The van der Waals surface area contributed by atoms with Crippen molar-refractivity contribution in [1.82, 2.24) is 14.5 Å². The Morgan fingerprint density at radius 3 is 2.65 bits per heavy atom. The van der Waals surface area contributed by atoms with Gasteiger partial charge in [-0.1, -0.05) is 6.42 Å². The minimum atomic E-state index is -0.302. The molecule has 1 unspecified atom stereocenters. The Morgan fingerprint density at radius 1 is 1.11 bits per heavy atom. The number of nitrogens with two attached hydrogens (primary N) is 1. The van der Waals surface area contributed by atoms with Gasteiger partial charge in [-0.25, -0.2) is 14.4 Å². The van der Waals surface area contributed by atoms with Crippen molar-refractivity contribution >= 4 is 22.3 Å². The number of thiazole rings is 1. The zero-order chi connectivity index (χ0) is 25.8. The van der Waals surface area contributed by atoms with E-state index in [1.165, 1.54) is 17.0 Å². The molecule has 1 aliphatic carbocycles.